The van der Waals surface area contributed by atoms with Crippen molar-refractivity contribution in [3.8, 4) is 0 Å². The van der Waals surface area contributed by atoms with Crippen molar-refractivity contribution in [1.82, 2.24) is 0 Å². The standard InChI is InChI=1S/2C5H5.Fe.Na/c2*1-2-4-5-3-1;;/h2*1-5H;;/q2*-1;+2;+1. The van der Waals surface area contributed by atoms with Gasteiger partial charge in [0.1, 0.15) is 0 Å². The fourth-order valence-corrected chi connectivity index (χ4v) is 0.642. The Hall–Kier alpha value is 0.219. The van der Waals surface area contributed by atoms with E-state index in [4.69, 9.17) is 0 Å². The van der Waals surface area contributed by atoms with Gasteiger partial charge >= 0.3 is 46.6 Å². The first-order valence-corrected chi connectivity index (χ1v) is 3.33. The fourth-order valence-electron chi connectivity index (χ4n) is 0.642. The Balaban J connectivity index is 0. The quantitative estimate of drug-likeness (QED) is 0.416. The van der Waals surface area contributed by atoms with Gasteiger partial charge in [0.15, 0.2) is 0 Å². The molecule has 0 heterocycles. The summed E-state index contributed by atoms with van der Waals surface area (Å²) in [5, 5.41) is 0. The van der Waals surface area contributed by atoms with Crippen LogP contribution in [0.4, 0.5) is 0 Å². The van der Waals surface area contributed by atoms with Gasteiger partial charge in [0.05, 0.1) is 0 Å². The van der Waals surface area contributed by atoms with Crippen molar-refractivity contribution in [2.24, 2.45) is 0 Å². The first-order valence-electron chi connectivity index (χ1n) is 3.33. The molecule has 58 valence electrons. The first kappa shape index (κ1) is 14.7. The summed E-state index contributed by atoms with van der Waals surface area (Å²) in [6, 6.07) is 20.0. The third kappa shape index (κ3) is 8.32. The van der Waals surface area contributed by atoms with Crippen LogP contribution in [0.2, 0.25) is 0 Å². The number of rotatable bonds is 0. The van der Waals surface area contributed by atoms with E-state index in [1.54, 1.807) is 0 Å². The van der Waals surface area contributed by atoms with Crippen molar-refractivity contribution < 1.29 is 46.6 Å². The summed E-state index contributed by atoms with van der Waals surface area (Å²) in [5.41, 5.74) is 0. The molecule has 0 unspecified atom stereocenters. The van der Waals surface area contributed by atoms with Crippen LogP contribution in [-0.2, 0) is 17.1 Å². The largest absolute Gasteiger partial charge is 2.00 e. The predicted molar refractivity (Wildman–Crippen MR) is 44.1 cm³/mol. The SMILES string of the molecule is [Fe+2].[Na+].c1cc[cH-]c1.c1cc[cH-]c1. The van der Waals surface area contributed by atoms with Crippen LogP contribution < -0.4 is 29.6 Å². The Morgan fingerprint density at radius 1 is 0.583 bits per heavy atom. The molecule has 0 saturated carbocycles. The summed E-state index contributed by atoms with van der Waals surface area (Å²) in [6.07, 6.45) is 0. The summed E-state index contributed by atoms with van der Waals surface area (Å²) < 4.78 is 0. The zero-order valence-electron chi connectivity index (χ0n) is 7.13. The van der Waals surface area contributed by atoms with Crippen LogP contribution in [0.25, 0.3) is 0 Å². The summed E-state index contributed by atoms with van der Waals surface area (Å²) >= 11 is 0. The van der Waals surface area contributed by atoms with Crippen molar-refractivity contribution >= 4 is 0 Å². The van der Waals surface area contributed by atoms with E-state index in [-0.39, 0.29) is 46.6 Å². The van der Waals surface area contributed by atoms with Crippen LogP contribution in [0.5, 0.6) is 0 Å². The first-order chi connectivity index (χ1) is 5.00. The molecule has 0 amide bonds. The molecule has 0 N–H and O–H groups in total. The number of hydrogen-bond acceptors (Lipinski definition) is 0. The molecule has 0 nitrogen and oxygen atoms in total. The van der Waals surface area contributed by atoms with Crippen molar-refractivity contribution in [3.63, 3.8) is 0 Å². The van der Waals surface area contributed by atoms with Gasteiger partial charge in [0.25, 0.3) is 0 Å². The van der Waals surface area contributed by atoms with E-state index < -0.39 is 0 Å². The zero-order valence-corrected chi connectivity index (χ0v) is 10.2. The molecule has 2 aromatic carbocycles. The third-order valence-electron chi connectivity index (χ3n) is 1.11. The molecule has 0 aliphatic rings. The maximum atomic E-state index is 2.00. The van der Waals surface area contributed by atoms with E-state index in [0.29, 0.717) is 0 Å². The second-order valence-electron chi connectivity index (χ2n) is 1.92. The smallest absolute Gasteiger partial charge is 0.214 e. The third-order valence-corrected chi connectivity index (χ3v) is 1.11. The molecule has 0 atom stereocenters. The summed E-state index contributed by atoms with van der Waals surface area (Å²) in [5.74, 6) is 0. The molecule has 0 fully saturated rings. The number of hydrogen-bond donors (Lipinski definition) is 0. The van der Waals surface area contributed by atoms with E-state index in [2.05, 4.69) is 0 Å². The topological polar surface area (TPSA) is 0 Å². The van der Waals surface area contributed by atoms with Gasteiger partial charge in [-0.15, -0.1) is 0 Å². The minimum atomic E-state index is 0. The molecular formula is C10H10FeNa+. The van der Waals surface area contributed by atoms with E-state index in [1.807, 2.05) is 60.7 Å². The van der Waals surface area contributed by atoms with Crippen molar-refractivity contribution in [3.05, 3.63) is 60.7 Å². The molecule has 0 aliphatic carbocycles. The molecule has 2 aromatic rings. The Labute approximate surface area is 106 Å². The minimum absolute atomic E-state index is 0. The van der Waals surface area contributed by atoms with E-state index >= 15 is 0 Å². The predicted octanol–water partition coefficient (Wildman–Crippen LogP) is -0.187. The van der Waals surface area contributed by atoms with E-state index in [9.17, 15) is 0 Å². The maximum absolute atomic E-state index is 2.00. The Morgan fingerprint density at radius 2 is 0.833 bits per heavy atom. The molecule has 0 aliphatic heterocycles. The van der Waals surface area contributed by atoms with E-state index in [1.165, 1.54) is 0 Å². The van der Waals surface area contributed by atoms with Gasteiger partial charge in [0, 0.05) is 0 Å². The van der Waals surface area contributed by atoms with Crippen molar-refractivity contribution in [2.45, 2.75) is 0 Å². The summed E-state index contributed by atoms with van der Waals surface area (Å²) in [6.45, 7) is 0. The maximum Gasteiger partial charge on any atom is 2.00 e. The van der Waals surface area contributed by atoms with Crippen LogP contribution in [-0.4, -0.2) is 0 Å². The van der Waals surface area contributed by atoms with Gasteiger partial charge < -0.3 is 0 Å². The summed E-state index contributed by atoms with van der Waals surface area (Å²) in [4.78, 5) is 0. The van der Waals surface area contributed by atoms with Crippen LogP contribution in [0.3, 0.4) is 0 Å². The average molecular weight is 209 g/mol. The van der Waals surface area contributed by atoms with Gasteiger partial charge in [-0.05, 0) is 0 Å². The van der Waals surface area contributed by atoms with Gasteiger partial charge in [0.2, 0.25) is 0 Å². The second-order valence-corrected chi connectivity index (χ2v) is 1.92. The molecule has 0 bridgehead atoms. The van der Waals surface area contributed by atoms with Crippen LogP contribution >= 0.6 is 0 Å². The van der Waals surface area contributed by atoms with Gasteiger partial charge in [-0.25, -0.2) is 24.3 Å². The molecule has 2 rings (SSSR count). The Kier molecular flexibility index (Phi) is 13.8. The minimum Gasteiger partial charge on any atom is -0.214 e. The molecule has 12 heavy (non-hydrogen) atoms. The van der Waals surface area contributed by atoms with Gasteiger partial charge in [-0.3, -0.25) is 0 Å². The molecule has 0 saturated heterocycles. The normalized spacial score (nSPS) is 6.67. The van der Waals surface area contributed by atoms with Crippen molar-refractivity contribution in [2.75, 3.05) is 0 Å². The summed E-state index contributed by atoms with van der Waals surface area (Å²) in [7, 11) is 0. The van der Waals surface area contributed by atoms with Crippen LogP contribution in [0.1, 0.15) is 0 Å². The molecule has 0 aromatic heterocycles. The Bertz CT molecular complexity index is 149. The van der Waals surface area contributed by atoms with E-state index in [0.717, 1.165) is 0 Å². The van der Waals surface area contributed by atoms with Crippen molar-refractivity contribution in [1.29, 1.82) is 0 Å². The molecule has 0 radical (unpaired) electrons. The van der Waals surface area contributed by atoms with Crippen LogP contribution in [0.15, 0.2) is 60.7 Å². The van der Waals surface area contributed by atoms with Gasteiger partial charge in [-0.2, -0.15) is 36.4 Å². The molecule has 0 spiro atoms. The van der Waals surface area contributed by atoms with Gasteiger partial charge in [-0.1, -0.05) is 0 Å². The average Bonchev–Trinajstić information content (AvgIpc) is 2.67. The fraction of sp³-hybridized carbons (Fsp3) is 0. The molecular weight excluding hydrogens is 199 g/mol. The van der Waals surface area contributed by atoms with Crippen LogP contribution in [0, 0.1) is 0 Å². The zero-order chi connectivity index (χ0) is 7.07. The monoisotopic (exact) mass is 209 g/mol. The molecule has 2 heteroatoms. The second kappa shape index (κ2) is 11.2. The Morgan fingerprint density at radius 3 is 0.917 bits per heavy atom.